The minimum absolute atomic E-state index is 0.100. The molecule has 2 rings (SSSR count). The molecule has 1 saturated heterocycles. The lowest BCUT2D eigenvalue weighted by molar-refractivity contribution is -0.384. The van der Waals surface area contributed by atoms with E-state index in [0.29, 0.717) is 19.5 Å². The minimum Gasteiger partial charge on any atom is -0.355 e. The molecule has 1 aliphatic rings. The van der Waals surface area contributed by atoms with Crippen LogP contribution >= 0.6 is 0 Å². The van der Waals surface area contributed by atoms with Gasteiger partial charge in [-0.25, -0.2) is 0 Å². The SMILES string of the molecule is O=C1CCC(NCc2ccc([N+](=O)[O-])cc2)CN1. The first-order valence-corrected chi connectivity index (χ1v) is 5.88. The van der Waals surface area contributed by atoms with Crippen LogP contribution in [0.15, 0.2) is 24.3 Å². The zero-order valence-corrected chi connectivity index (χ0v) is 9.89. The highest BCUT2D eigenvalue weighted by Gasteiger charge is 2.17. The zero-order chi connectivity index (χ0) is 13.0. The van der Waals surface area contributed by atoms with E-state index in [4.69, 9.17) is 0 Å². The van der Waals surface area contributed by atoms with Crippen molar-refractivity contribution < 1.29 is 9.72 Å². The molecule has 0 bridgehead atoms. The number of hydrogen-bond donors (Lipinski definition) is 2. The van der Waals surface area contributed by atoms with E-state index in [1.165, 1.54) is 12.1 Å². The highest BCUT2D eigenvalue weighted by atomic mass is 16.6. The summed E-state index contributed by atoms with van der Waals surface area (Å²) in [5.41, 5.74) is 1.10. The van der Waals surface area contributed by atoms with Crippen molar-refractivity contribution in [3.63, 3.8) is 0 Å². The van der Waals surface area contributed by atoms with Gasteiger partial charge in [-0.2, -0.15) is 0 Å². The number of amides is 1. The van der Waals surface area contributed by atoms with Crippen LogP contribution in [0.3, 0.4) is 0 Å². The van der Waals surface area contributed by atoms with Crippen LogP contribution in [0.1, 0.15) is 18.4 Å². The molecule has 2 N–H and O–H groups in total. The molecule has 1 aromatic rings. The Morgan fingerprint density at radius 3 is 2.67 bits per heavy atom. The molecule has 96 valence electrons. The van der Waals surface area contributed by atoms with Crippen molar-refractivity contribution in [3.05, 3.63) is 39.9 Å². The van der Waals surface area contributed by atoms with E-state index < -0.39 is 4.92 Å². The normalized spacial score (nSPS) is 19.3. The highest BCUT2D eigenvalue weighted by Crippen LogP contribution is 2.12. The summed E-state index contributed by atoms with van der Waals surface area (Å²) in [4.78, 5) is 21.1. The maximum Gasteiger partial charge on any atom is 0.269 e. The minimum atomic E-state index is -0.409. The van der Waals surface area contributed by atoms with Gasteiger partial charge in [0.25, 0.3) is 5.69 Å². The van der Waals surface area contributed by atoms with E-state index in [1.54, 1.807) is 12.1 Å². The number of nitrogens with zero attached hydrogens (tertiary/aromatic N) is 1. The number of benzene rings is 1. The van der Waals surface area contributed by atoms with Crippen LogP contribution in [-0.2, 0) is 11.3 Å². The molecular weight excluding hydrogens is 234 g/mol. The number of nitro benzene ring substituents is 1. The summed E-state index contributed by atoms with van der Waals surface area (Å²) in [6, 6.07) is 6.76. The number of hydrogen-bond acceptors (Lipinski definition) is 4. The van der Waals surface area contributed by atoms with E-state index >= 15 is 0 Å². The summed E-state index contributed by atoms with van der Waals surface area (Å²) in [6.45, 7) is 1.30. The standard InChI is InChI=1S/C12H15N3O3/c16-12-6-3-10(8-14-12)13-7-9-1-4-11(5-2-9)15(17)18/h1-2,4-5,10,13H,3,6-8H2,(H,14,16). The molecular formula is C12H15N3O3. The lowest BCUT2D eigenvalue weighted by Crippen LogP contribution is -2.45. The number of nitrogens with one attached hydrogen (secondary N) is 2. The zero-order valence-electron chi connectivity index (χ0n) is 9.89. The van der Waals surface area contributed by atoms with E-state index in [-0.39, 0.29) is 17.6 Å². The summed E-state index contributed by atoms with van der Waals surface area (Å²) in [5, 5.41) is 16.6. The molecule has 0 radical (unpaired) electrons. The van der Waals surface area contributed by atoms with Crippen molar-refractivity contribution >= 4 is 11.6 Å². The van der Waals surface area contributed by atoms with Gasteiger partial charge in [0.1, 0.15) is 0 Å². The summed E-state index contributed by atoms with van der Waals surface area (Å²) in [7, 11) is 0. The Bertz CT molecular complexity index is 434. The quantitative estimate of drug-likeness (QED) is 0.615. The predicted octanol–water partition coefficient (Wildman–Crippen LogP) is 0.963. The molecule has 1 aromatic carbocycles. The summed E-state index contributed by atoms with van der Waals surface area (Å²) < 4.78 is 0. The van der Waals surface area contributed by atoms with Crippen LogP contribution < -0.4 is 10.6 Å². The number of non-ortho nitro benzene ring substituents is 1. The van der Waals surface area contributed by atoms with Crippen molar-refractivity contribution in [2.24, 2.45) is 0 Å². The highest BCUT2D eigenvalue weighted by molar-refractivity contribution is 5.76. The van der Waals surface area contributed by atoms with Crippen LogP contribution in [0.25, 0.3) is 0 Å². The maximum atomic E-state index is 11.0. The number of carbonyl (C=O) groups excluding carboxylic acids is 1. The monoisotopic (exact) mass is 249 g/mol. The van der Waals surface area contributed by atoms with Crippen molar-refractivity contribution in [1.29, 1.82) is 0 Å². The molecule has 1 fully saturated rings. The predicted molar refractivity (Wildman–Crippen MR) is 66.0 cm³/mol. The molecule has 1 aliphatic heterocycles. The molecule has 1 amide bonds. The van der Waals surface area contributed by atoms with Crippen LogP contribution in [0.4, 0.5) is 5.69 Å². The molecule has 0 spiro atoms. The largest absolute Gasteiger partial charge is 0.355 e. The van der Waals surface area contributed by atoms with Crippen LogP contribution in [0, 0.1) is 10.1 Å². The molecule has 0 aliphatic carbocycles. The third-order valence-electron chi connectivity index (χ3n) is 3.01. The smallest absolute Gasteiger partial charge is 0.269 e. The lowest BCUT2D eigenvalue weighted by atomic mass is 10.1. The van der Waals surface area contributed by atoms with Gasteiger partial charge in [0.05, 0.1) is 4.92 Å². The molecule has 0 aromatic heterocycles. The van der Waals surface area contributed by atoms with E-state index in [9.17, 15) is 14.9 Å². The first-order valence-electron chi connectivity index (χ1n) is 5.88. The second-order valence-electron chi connectivity index (χ2n) is 4.34. The Morgan fingerprint density at radius 1 is 1.39 bits per heavy atom. The number of piperidine rings is 1. The first kappa shape index (κ1) is 12.5. The first-order chi connectivity index (χ1) is 8.65. The third-order valence-corrected chi connectivity index (χ3v) is 3.01. The van der Waals surface area contributed by atoms with Crippen molar-refractivity contribution in [3.8, 4) is 0 Å². The van der Waals surface area contributed by atoms with Gasteiger partial charge in [-0.1, -0.05) is 12.1 Å². The molecule has 6 heteroatoms. The van der Waals surface area contributed by atoms with Gasteiger partial charge in [-0.05, 0) is 12.0 Å². The average molecular weight is 249 g/mol. The van der Waals surface area contributed by atoms with E-state index in [1.807, 2.05) is 0 Å². The van der Waals surface area contributed by atoms with Crippen molar-refractivity contribution in [1.82, 2.24) is 10.6 Å². The van der Waals surface area contributed by atoms with Gasteiger partial charge in [0.2, 0.25) is 5.91 Å². The van der Waals surface area contributed by atoms with Crippen LogP contribution in [0.5, 0.6) is 0 Å². The number of nitro groups is 1. The molecule has 0 saturated carbocycles. The van der Waals surface area contributed by atoms with Crippen LogP contribution in [-0.4, -0.2) is 23.4 Å². The molecule has 6 nitrogen and oxygen atoms in total. The fourth-order valence-electron chi connectivity index (χ4n) is 1.90. The Balaban J connectivity index is 1.83. The topological polar surface area (TPSA) is 84.3 Å². The third kappa shape index (κ3) is 3.27. The molecule has 1 unspecified atom stereocenters. The maximum absolute atomic E-state index is 11.0. The van der Waals surface area contributed by atoms with Gasteiger partial charge >= 0.3 is 0 Å². The van der Waals surface area contributed by atoms with Gasteiger partial charge < -0.3 is 10.6 Å². The lowest BCUT2D eigenvalue weighted by Gasteiger charge is -2.23. The second-order valence-corrected chi connectivity index (χ2v) is 4.34. The second kappa shape index (κ2) is 5.59. The van der Waals surface area contributed by atoms with E-state index in [2.05, 4.69) is 10.6 Å². The van der Waals surface area contributed by atoms with Gasteiger partial charge in [-0.15, -0.1) is 0 Å². The Morgan fingerprint density at radius 2 is 2.11 bits per heavy atom. The number of carbonyl (C=O) groups is 1. The Kier molecular flexibility index (Phi) is 3.88. The van der Waals surface area contributed by atoms with Crippen molar-refractivity contribution in [2.75, 3.05) is 6.54 Å². The van der Waals surface area contributed by atoms with Gasteiger partial charge in [0, 0.05) is 37.7 Å². The molecule has 1 heterocycles. The van der Waals surface area contributed by atoms with Gasteiger partial charge in [-0.3, -0.25) is 14.9 Å². The van der Waals surface area contributed by atoms with E-state index in [0.717, 1.165) is 12.0 Å². The fourth-order valence-corrected chi connectivity index (χ4v) is 1.90. The summed E-state index contributed by atoms with van der Waals surface area (Å²) in [6.07, 6.45) is 1.39. The fraction of sp³-hybridized carbons (Fsp3) is 0.417. The Hall–Kier alpha value is -1.95. The van der Waals surface area contributed by atoms with Crippen LogP contribution in [0.2, 0.25) is 0 Å². The summed E-state index contributed by atoms with van der Waals surface area (Å²) >= 11 is 0. The average Bonchev–Trinajstić information content (AvgIpc) is 2.38. The molecule has 1 atom stereocenters. The molecule has 18 heavy (non-hydrogen) atoms. The summed E-state index contributed by atoms with van der Waals surface area (Å²) in [5.74, 6) is 0.100. The number of rotatable bonds is 4. The van der Waals surface area contributed by atoms with Crippen molar-refractivity contribution in [2.45, 2.75) is 25.4 Å². The Labute approximate surface area is 105 Å². The van der Waals surface area contributed by atoms with Gasteiger partial charge in [0.15, 0.2) is 0 Å².